The molecule has 3 rings (SSSR count). The second-order valence-corrected chi connectivity index (χ2v) is 21.3. The Labute approximate surface area is 293 Å². The first-order chi connectivity index (χ1) is 22.7. The fourth-order valence-electron chi connectivity index (χ4n) is 4.96. The summed E-state index contributed by atoms with van der Waals surface area (Å²) in [6.45, 7) is 16.9. The third-order valence-corrected chi connectivity index (χ3v) is 11.2. The Kier molecular flexibility index (Phi) is 12.9. The van der Waals surface area contributed by atoms with E-state index in [9.17, 15) is 9.59 Å². The summed E-state index contributed by atoms with van der Waals surface area (Å²) in [4.78, 5) is 41.5. The molecule has 0 radical (unpaired) electrons. The number of carbonyl (C=O) groups excluding carboxylic acids is 2. The van der Waals surface area contributed by atoms with Crippen molar-refractivity contribution in [3.63, 3.8) is 0 Å². The van der Waals surface area contributed by atoms with E-state index in [1.165, 1.54) is 48.6 Å². The molecule has 2 heterocycles. The van der Waals surface area contributed by atoms with Crippen LogP contribution in [0.25, 0.3) is 11.9 Å². The Morgan fingerprint density at radius 2 is 1.90 bits per heavy atom. The Morgan fingerprint density at radius 3 is 2.47 bits per heavy atom. The molecule has 1 aliphatic heterocycles. The highest BCUT2D eigenvalue weighted by atomic mass is 32.2. The fourth-order valence-corrected chi connectivity index (χ4v) is 7.17. The minimum Gasteiger partial charge on any atom is -0.443 e. The van der Waals surface area contributed by atoms with Gasteiger partial charge in [0.05, 0.1) is 17.9 Å². The van der Waals surface area contributed by atoms with Crippen LogP contribution in [0.3, 0.4) is 0 Å². The van der Waals surface area contributed by atoms with Crippen molar-refractivity contribution in [3.8, 4) is 11.8 Å². The lowest BCUT2D eigenvalue weighted by Crippen LogP contribution is -2.57. The highest BCUT2D eigenvalue weighted by Crippen LogP contribution is 2.52. The largest absolute Gasteiger partial charge is 0.443 e. The van der Waals surface area contributed by atoms with Crippen LogP contribution >= 0.6 is 11.8 Å². The molecule has 10 nitrogen and oxygen atoms in total. The summed E-state index contributed by atoms with van der Waals surface area (Å²) in [6, 6.07) is 4.96. The topological polar surface area (TPSA) is 126 Å². The number of aliphatic hydroxyl groups excluding tert-OH is 1. The molecule has 266 valence electrons. The Hall–Kier alpha value is -3.64. The molecule has 0 bridgehead atoms. The van der Waals surface area contributed by atoms with Crippen molar-refractivity contribution >= 4 is 48.9 Å². The summed E-state index contributed by atoms with van der Waals surface area (Å²) in [5, 5.41) is 11.7. The second kappa shape index (κ2) is 15.9. The fraction of sp³-hybridized carbons (Fsp3) is 0.514. The molecule has 0 aliphatic carbocycles. The average Bonchev–Trinajstić information content (AvgIpc) is 3.01. The van der Waals surface area contributed by atoms with Crippen molar-refractivity contribution in [1.29, 1.82) is 0 Å². The number of nitrogens with one attached hydrogen (secondary N) is 1. The first-order valence-electron chi connectivity index (χ1n) is 15.9. The number of thioether (sulfide) groups is 1. The maximum absolute atomic E-state index is 15.9. The van der Waals surface area contributed by atoms with Gasteiger partial charge in [-0.3, -0.25) is 9.79 Å². The number of benzene rings is 1. The molecule has 1 aromatic heterocycles. The van der Waals surface area contributed by atoms with Crippen LogP contribution < -0.4 is 5.32 Å². The van der Waals surface area contributed by atoms with Crippen LogP contribution in [-0.2, 0) is 19.8 Å². The van der Waals surface area contributed by atoms with Gasteiger partial charge >= 0.3 is 6.09 Å². The third kappa shape index (κ3) is 10.2. The number of aromatic nitrogens is 2. The third-order valence-electron chi connectivity index (χ3n) is 8.06. The van der Waals surface area contributed by atoms with Gasteiger partial charge < -0.3 is 19.9 Å². The molecule has 2 amide bonds. The predicted molar refractivity (Wildman–Crippen MR) is 192 cm³/mol. The molecule has 0 spiro atoms. The normalized spacial score (nSPS) is 21.3. The predicted octanol–water partition coefficient (Wildman–Crippen LogP) is 6.44. The van der Waals surface area contributed by atoms with E-state index in [0.29, 0.717) is 12.2 Å². The van der Waals surface area contributed by atoms with Crippen molar-refractivity contribution in [3.05, 3.63) is 58.9 Å². The highest BCUT2D eigenvalue weighted by Gasteiger charge is 2.55. The number of hydrogen-bond acceptors (Lipinski definition) is 9. The summed E-state index contributed by atoms with van der Waals surface area (Å²) in [7, 11) is 0.0637. The summed E-state index contributed by atoms with van der Waals surface area (Å²) in [6.07, 6.45) is 2.96. The van der Waals surface area contributed by atoms with E-state index in [2.05, 4.69) is 46.8 Å². The van der Waals surface area contributed by atoms with Crippen LogP contribution in [-0.4, -0.2) is 82.6 Å². The van der Waals surface area contributed by atoms with E-state index in [0.717, 1.165) is 17.8 Å². The molecule has 3 atom stereocenters. The number of rotatable bonds is 9. The number of hydrogen-bond donors (Lipinski definition) is 2. The monoisotopic (exact) mass is 715 g/mol. The second-order valence-electron chi connectivity index (χ2n) is 14.3. The van der Waals surface area contributed by atoms with Crippen molar-refractivity contribution in [1.82, 2.24) is 20.2 Å². The molecule has 1 aliphatic rings. The standard InChI is InChI=1S/C35H47F2N5O5SSi/c1-23-34(5,26-18-24(13-14-27(26)36)19-28(37)29-21-39-25(20-40-29)12-11-15-43)41-31(48-35(23,6)30(44)38-7)42(32(45)47-33(2,3)4)22-46-16-17-49(8,9)10/h13-14,18-21,23,43H,15-17,22H2,1-10H3,(H,38,44)/b28-19-/t23-,34-,35-/m0/s1. The van der Waals surface area contributed by atoms with Gasteiger partial charge in [-0.1, -0.05) is 50.3 Å². The van der Waals surface area contributed by atoms with Crippen molar-refractivity contribution in [2.45, 2.75) is 83.1 Å². The summed E-state index contributed by atoms with van der Waals surface area (Å²) in [5.74, 6) is 2.73. The number of carbonyl (C=O) groups is 2. The molecule has 1 aromatic carbocycles. The van der Waals surface area contributed by atoms with E-state index >= 15 is 8.78 Å². The molecule has 14 heteroatoms. The van der Waals surface area contributed by atoms with E-state index < -0.39 is 47.6 Å². The highest BCUT2D eigenvalue weighted by molar-refractivity contribution is 8.15. The Balaban J connectivity index is 2.15. The molecule has 0 saturated carbocycles. The van der Waals surface area contributed by atoms with Gasteiger partial charge in [-0.15, -0.1) is 0 Å². The van der Waals surface area contributed by atoms with E-state index in [-0.39, 0.29) is 41.4 Å². The van der Waals surface area contributed by atoms with Crippen molar-refractivity contribution in [2.24, 2.45) is 10.9 Å². The average molecular weight is 716 g/mol. The van der Waals surface area contributed by atoms with Crippen molar-refractivity contribution in [2.75, 3.05) is 27.0 Å². The molecule has 49 heavy (non-hydrogen) atoms. The van der Waals surface area contributed by atoms with Gasteiger partial charge in [-0.25, -0.2) is 28.4 Å². The smallest absolute Gasteiger partial charge is 0.418 e. The molecule has 2 aromatic rings. The Bertz CT molecular complexity index is 1650. The zero-order valence-electron chi connectivity index (χ0n) is 29.9. The van der Waals surface area contributed by atoms with Crippen LogP contribution in [0.2, 0.25) is 25.7 Å². The van der Waals surface area contributed by atoms with E-state index in [1.54, 1.807) is 41.5 Å². The Morgan fingerprint density at radius 1 is 1.20 bits per heavy atom. The van der Waals surface area contributed by atoms with Gasteiger partial charge in [0.25, 0.3) is 0 Å². The maximum Gasteiger partial charge on any atom is 0.418 e. The molecule has 2 N–H and O–H groups in total. The van der Waals surface area contributed by atoms with E-state index in [4.69, 9.17) is 19.6 Å². The minimum atomic E-state index is -1.45. The first-order valence-corrected chi connectivity index (χ1v) is 20.4. The lowest BCUT2D eigenvalue weighted by molar-refractivity contribution is -0.124. The van der Waals surface area contributed by atoms with Gasteiger partial charge in [0, 0.05) is 33.2 Å². The number of amidine groups is 1. The number of aliphatic imine (C=N–C) groups is 1. The van der Waals surface area contributed by atoms with Crippen molar-refractivity contribution < 1.29 is 33.0 Å². The van der Waals surface area contributed by atoms with Crippen LogP contribution in [0.15, 0.2) is 35.6 Å². The summed E-state index contributed by atoms with van der Waals surface area (Å²) < 4.78 is 41.8. The van der Waals surface area contributed by atoms with Gasteiger partial charge in [0.15, 0.2) is 11.0 Å². The van der Waals surface area contributed by atoms with Crippen LogP contribution in [0, 0.1) is 23.6 Å². The zero-order valence-corrected chi connectivity index (χ0v) is 31.7. The van der Waals surface area contributed by atoms with Crippen LogP contribution in [0.5, 0.6) is 0 Å². The number of amides is 2. The van der Waals surface area contributed by atoms with Crippen LogP contribution in [0.1, 0.15) is 64.1 Å². The zero-order chi connectivity index (χ0) is 36.8. The van der Waals surface area contributed by atoms with E-state index in [1.807, 2.05) is 0 Å². The lowest BCUT2D eigenvalue weighted by Gasteiger charge is -2.48. The van der Waals surface area contributed by atoms with Gasteiger partial charge in [-0.2, -0.15) is 0 Å². The molecule has 0 saturated heterocycles. The summed E-state index contributed by atoms with van der Waals surface area (Å²) >= 11 is 1.08. The maximum atomic E-state index is 15.9. The number of nitrogens with zero attached hydrogens (tertiary/aromatic N) is 4. The number of halogens is 2. The molecule has 0 fully saturated rings. The van der Waals surface area contributed by atoms with Gasteiger partial charge in [0.2, 0.25) is 5.91 Å². The first kappa shape index (κ1) is 39.8. The molecular formula is C35H47F2N5O5SSi. The summed E-state index contributed by atoms with van der Waals surface area (Å²) in [5.41, 5.74) is -1.66. The number of aliphatic hydroxyl groups is 1. The van der Waals surface area contributed by atoms with Gasteiger partial charge in [0.1, 0.15) is 40.9 Å². The van der Waals surface area contributed by atoms with Gasteiger partial charge in [-0.05, 0) is 70.4 Å². The minimum absolute atomic E-state index is 0.0660. The van der Waals surface area contributed by atoms with Crippen LogP contribution in [0.4, 0.5) is 13.6 Å². The molecule has 0 unspecified atom stereocenters. The lowest BCUT2D eigenvalue weighted by atomic mass is 9.73. The number of ether oxygens (including phenoxy) is 2. The molecular weight excluding hydrogens is 669 g/mol. The SMILES string of the molecule is CNC(=O)[C@@]1(C)SC(N(COCC[Si](C)(C)C)C(=O)OC(C)(C)C)=N[C@](C)(c2cc(/C=C(\F)c3cnc(C#CCO)cn3)ccc2F)[C@@H]1C. The quantitative estimate of drug-likeness (QED) is 0.132.